The standard InChI is InChI=1S/C15H23NO2/c1-16(2)10-9-15(7-3-4-8-15)12-5-6-13(17)14(18)11-12/h5-6,11,17-18H,3-4,7-10H2,1-2H3/p+1. The molecule has 2 rings (SSSR count). The number of phenolic OH excluding ortho intramolecular Hbond substituents is 2. The monoisotopic (exact) mass is 250 g/mol. The van der Waals surface area contributed by atoms with Gasteiger partial charge in [0.2, 0.25) is 0 Å². The van der Waals surface area contributed by atoms with E-state index in [0.717, 1.165) is 13.0 Å². The normalized spacial score (nSPS) is 18.4. The van der Waals surface area contributed by atoms with Crippen molar-refractivity contribution >= 4 is 0 Å². The van der Waals surface area contributed by atoms with Crippen molar-refractivity contribution in [3.05, 3.63) is 23.8 Å². The van der Waals surface area contributed by atoms with Crippen molar-refractivity contribution in [1.82, 2.24) is 0 Å². The Hall–Kier alpha value is -1.22. The molecule has 18 heavy (non-hydrogen) atoms. The minimum absolute atomic E-state index is 0.0102. The van der Waals surface area contributed by atoms with E-state index < -0.39 is 0 Å². The van der Waals surface area contributed by atoms with E-state index in [4.69, 9.17) is 0 Å². The zero-order valence-corrected chi connectivity index (χ0v) is 11.4. The number of phenols is 2. The van der Waals surface area contributed by atoms with Crippen LogP contribution in [0, 0.1) is 0 Å². The van der Waals surface area contributed by atoms with Crippen LogP contribution >= 0.6 is 0 Å². The predicted octanol–water partition coefficient (Wildman–Crippen LogP) is 1.44. The molecule has 0 spiro atoms. The van der Waals surface area contributed by atoms with Gasteiger partial charge in [0.1, 0.15) is 0 Å². The second-order valence-electron chi connectivity index (χ2n) is 5.90. The van der Waals surface area contributed by atoms with Crippen molar-refractivity contribution in [2.75, 3.05) is 20.6 Å². The molecule has 1 fully saturated rings. The molecule has 0 radical (unpaired) electrons. The fourth-order valence-electron chi connectivity index (χ4n) is 3.08. The van der Waals surface area contributed by atoms with E-state index in [1.165, 1.54) is 36.1 Å². The van der Waals surface area contributed by atoms with Crippen molar-refractivity contribution in [3.8, 4) is 11.5 Å². The van der Waals surface area contributed by atoms with Crippen molar-refractivity contribution in [2.45, 2.75) is 37.5 Å². The Balaban J connectivity index is 2.25. The van der Waals surface area contributed by atoms with Gasteiger partial charge in [0.05, 0.1) is 20.6 Å². The fourth-order valence-corrected chi connectivity index (χ4v) is 3.08. The maximum absolute atomic E-state index is 9.70. The maximum atomic E-state index is 9.70. The lowest BCUT2D eigenvalue weighted by Crippen LogP contribution is -3.05. The van der Waals surface area contributed by atoms with Crippen LogP contribution in [0.1, 0.15) is 37.7 Å². The highest BCUT2D eigenvalue weighted by Crippen LogP contribution is 2.45. The van der Waals surface area contributed by atoms with E-state index in [0.29, 0.717) is 0 Å². The van der Waals surface area contributed by atoms with Gasteiger partial charge in [-0.25, -0.2) is 0 Å². The summed E-state index contributed by atoms with van der Waals surface area (Å²) in [5, 5.41) is 19.1. The van der Waals surface area contributed by atoms with Crippen molar-refractivity contribution in [1.29, 1.82) is 0 Å². The summed E-state index contributed by atoms with van der Waals surface area (Å²) in [6, 6.07) is 5.35. The molecule has 1 saturated carbocycles. The average molecular weight is 250 g/mol. The number of benzene rings is 1. The molecular weight excluding hydrogens is 226 g/mol. The zero-order chi connectivity index (χ0) is 13.2. The number of nitrogens with one attached hydrogen (secondary N) is 1. The van der Waals surface area contributed by atoms with Gasteiger partial charge in [0.25, 0.3) is 0 Å². The second-order valence-corrected chi connectivity index (χ2v) is 5.90. The molecule has 1 aliphatic carbocycles. The SMILES string of the molecule is C[NH+](C)CCC1(c2ccc(O)c(O)c2)CCCC1. The lowest BCUT2D eigenvalue weighted by Gasteiger charge is -2.30. The molecule has 3 nitrogen and oxygen atoms in total. The molecule has 3 N–H and O–H groups in total. The van der Waals surface area contributed by atoms with Crippen LogP contribution in [0.25, 0.3) is 0 Å². The molecule has 0 aliphatic heterocycles. The third-order valence-electron chi connectivity index (χ3n) is 4.25. The third-order valence-corrected chi connectivity index (χ3v) is 4.25. The van der Waals surface area contributed by atoms with E-state index >= 15 is 0 Å². The van der Waals surface area contributed by atoms with Crippen LogP contribution in [0.2, 0.25) is 0 Å². The number of rotatable bonds is 4. The average Bonchev–Trinajstić information content (AvgIpc) is 2.80. The van der Waals surface area contributed by atoms with Gasteiger partial charge < -0.3 is 15.1 Å². The third kappa shape index (κ3) is 2.61. The predicted molar refractivity (Wildman–Crippen MR) is 72.2 cm³/mol. The van der Waals surface area contributed by atoms with Gasteiger partial charge in [-0.3, -0.25) is 0 Å². The topological polar surface area (TPSA) is 44.9 Å². The van der Waals surface area contributed by atoms with Crippen LogP contribution < -0.4 is 4.90 Å². The summed E-state index contributed by atoms with van der Waals surface area (Å²) >= 11 is 0. The molecule has 0 bridgehead atoms. The van der Waals surface area contributed by atoms with E-state index in [-0.39, 0.29) is 16.9 Å². The van der Waals surface area contributed by atoms with Gasteiger partial charge in [-0.2, -0.15) is 0 Å². The summed E-state index contributed by atoms with van der Waals surface area (Å²) in [6.07, 6.45) is 6.09. The van der Waals surface area contributed by atoms with E-state index in [1.54, 1.807) is 12.1 Å². The lowest BCUT2D eigenvalue weighted by molar-refractivity contribution is -0.859. The summed E-state index contributed by atoms with van der Waals surface area (Å²) in [6.45, 7) is 1.14. The molecule has 0 saturated heterocycles. The van der Waals surface area contributed by atoms with E-state index in [2.05, 4.69) is 14.1 Å². The molecule has 1 aromatic carbocycles. The summed E-state index contributed by atoms with van der Waals surface area (Å²) in [7, 11) is 4.36. The van der Waals surface area contributed by atoms with Crippen LogP contribution in [0.15, 0.2) is 18.2 Å². The smallest absolute Gasteiger partial charge is 0.157 e. The summed E-state index contributed by atoms with van der Waals surface area (Å²) in [5.74, 6) is -0.0129. The molecule has 1 aliphatic rings. The Morgan fingerprint density at radius 1 is 1.11 bits per heavy atom. The van der Waals surface area contributed by atoms with Gasteiger partial charge in [-0.1, -0.05) is 18.9 Å². The van der Waals surface area contributed by atoms with Gasteiger partial charge in [0, 0.05) is 11.8 Å². The lowest BCUT2D eigenvalue weighted by atomic mass is 9.76. The van der Waals surface area contributed by atoms with Gasteiger partial charge in [0.15, 0.2) is 11.5 Å². The second kappa shape index (κ2) is 5.19. The van der Waals surface area contributed by atoms with Gasteiger partial charge in [-0.05, 0) is 30.5 Å². The highest BCUT2D eigenvalue weighted by molar-refractivity contribution is 5.43. The van der Waals surface area contributed by atoms with Crippen LogP contribution in [0.3, 0.4) is 0 Å². The first-order valence-electron chi connectivity index (χ1n) is 6.85. The molecule has 0 amide bonds. The number of hydrogen-bond acceptors (Lipinski definition) is 2. The molecule has 0 heterocycles. The minimum Gasteiger partial charge on any atom is -0.504 e. The van der Waals surface area contributed by atoms with Crippen molar-refractivity contribution < 1.29 is 15.1 Å². The first-order chi connectivity index (χ1) is 8.53. The first-order valence-corrected chi connectivity index (χ1v) is 6.85. The summed E-state index contributed by atoms with van der Waals surface area (Å²) < 4.78 is 0. The quantitative estimate of drug-likeness (QED) is 0.708. The minimum atomic E-state index is -0.0230. The van der Waals surface area contributed by atoms with Gasteiger partial charge in [-0.15, -0.1) is 0 Å². The zero-order valence-electron chi connectivity index (χ0n) is 11.4. The van der Waals surface area contributed by atoms with Crippen LogP contribution in [0.5, 0.6) is 11.5 Å². The van der Waals surface area contributed by atoms with Crippen LogP contribution in [0.4, 0.5) is 0 Å². The van der Waals surface area contributed by atoms with E-state index in [1.807, 2.05) is 6.07 Å². The molecular formula is C15H24NO2+. The Labute approximate surface area is 109 Å². The number of quaternary nitrogens is 1. The van der Waals surface area contributed by atoms with Crippen LogP contribution in [-0.4, -0.2) is 30.9 Å². The summed E-state index contributed by atoms with van der Waals surface area (Å²) in [4.78, 5) is 1.46. The molecule has 1 aromatic rings. The highest BCUT2D eigenvalue weighted by Gasteiger charge is 2.36. The van der Waals surface area contributed by atoms with E-state index in [9.17, 15) is 10.2 Å². The number of aromatic hydroxyl groups is 2. The molecule has 0 unspecified atom stereocenters. The number of hydrogen-bond donors (Lipinski definition) is 3. The molecule has 0 atom stereocenters. The maximum Gasteiger partial charge on any atom is 0.157 e. The Kier molecular flexibility index (Phi) is 3.81. The van der Waals surface area contributed by atoms with Gasteiger partial charge >= 0.3 is 0 Å². The highest BCUT2D eigenvalue weighted by atomic mass is 16.3. The first kappa shape index (κ1) is 13.2. The van der Waals surface area contributed by atoms with Crippen molar-refractivity contribution in [2.24, 2.45) is 0 Å². The largest absolute Gasteiger partial charge is 0.504 e. The van der Waals surface area contributed by atoms with Crippen molar-refractivity contribution in [3.63, 3.8) is 0 Å². The Morgan fingerprint density at radius 3 is 2.33 bits per heavy atom. The molecule has 0 aromatic heterocycles. The molecule has 3 heteroatoms. The Bertz CT molecular complexity index is 409. The summed E-state index contributed by atoms with van der Waals surface area (Å²) in [5.41, 5.74) is 1.40. The molecule has 100 valence electrons. The Morgan fingerprint density at radius 2 is 1.78 bits per heavy atom. The van der Waals surface area contributed by atoms with Crippen LogP contribution in [-0.2, 0) is 5.41 Å². The fraction of sp³-hybridized carbons (Fsp3) is 0.600.